The molecule has 2 aromatic rings. The fraction of sp³-hybridized carbons (Fsp3) is 0.500. The Bertz CT molecular complexity index is 786. The zero-order valence-corrected chi connectivity index (χ0v) is 16.9. The van der Waals surface area contributed by atoms with E-state index in [1.54, 1.807) is 13.3 Å². The first-order valence-corrected chi connectivity index (χ1v) is 10.2. The SMILES string of the molecule is COCC(O)N1CCCN(Cc2ccc([C@H]3COc4cccnc4O3)cc2)CC1. The molecule has 0 amide bonds. The largest absolute Gasteiger partial charge is 0.484 e. The average molecular weight is 399 g/mol. The summed E-state index contributed by atoms with van der Waals surface area (Å²) >= 11 is 0. The summed E-state index contributed by atoms with van der Waals surface area (Å²) < 4.78 is 16.8. The molecule has 1 aromatic heterocycles. The van der Waals surface area contributed by atoms with Gasteiger partial charge in [-0.3, -0.25) is 9.80 Å². The maximum Gasteiger partial charge on any atom is 0.257 e. The molecule has 156 valence electrons. The lowest BCUT2D eigenvalue weighted by atomic mass is 10.1. The third-order valence-electron chi connectivity index (χ3n) is 5.50. The van der Waals surface area contributed by atoms with Gasteiger partial charge in [-0.05, 0) is 36.2 Å². The Kier molecular flexibility index (Phi) is 6.61. The quantitative estimate of drug-likeness (QED) is 0.798. The topological polar surface area (TPSA) is 67.3 Å². The molecule has 1 N–H and O–H groups in total. The summed E-state index contributed by atoms with van der Waals surface area (Å²) in [7, 11) is 1.62. The Balaban J connectivity index is 1.32. The Morgan fingerprint density at radius 2 is 2.03 bits per heavy atom. The van der Waals surface area contributed by atoms with Crippen LogP contribution in [0.25, 0.3) is 0 Å². The lowest BCUT2D eigenvalue weighted by molar-refractivity contribution is -0.0449. The number of ether oxygens (including phenoxy) is 3. The smallest absolute Gasteiger partial charge is 0.257 e. The first-order valence-electron chi connectivity index (χ1n) is 10.2. The first kappa shape index (κ1) is 20.1. The fourth-order valence-corrected chi connectivity index (χ4v) is 3.87. The number of rotatable bonds is 6. The van der Waals surface area contributed by atoms with Crippen molar-refractivity contribution < 1.29 is 19.3 Å². The highest BCUT2D eigenvalue weighted by atomic mass is 16.6. The van der Waals surface area contributed by atoms with Gasteiger partial charge in [0.1, 0.15) is 12.8 Å². The van der Waals surface area contributed by atoms with Crippen LogP contribution in [0.5, 0.6) is 11.6 Å². The van der Waals surface area contributed by atoms with Crippen LogP contribution in [0, 0.1) is 0 Å². The molecule has 0 spiro atoms. The summed E-state index contributed by atoms with van der Waals surface area (Å²) in [5, 5.41) is 10.1. The van der Waals surface area contributed by atoms with Crippen molar-refractivity contribution in [2.45, 2.75) is 25.3 Å². The maximum absolute atomic E-state index is 10.1. The highest BCUT2D eigenvalue weighted by Gasteiger charge is 2.24. The molecule has 4 rings (SSSR count). The molecule has 1 fully saturated rings. The highest BCUT2D eigenvalue weighted by molar-refractivity contribution is 5.35. The van der Waals surface area contributed by atoms with Crippen molar-refractivity contribution in [2.75, 3.05) is 46.5 Å². The lowest BCUT2D eigenvalue weighted by Gasteiger charge is -2.26. The minimum atomic E-state index is -0.517. The number of fused-ring (bicyclic) bond motifs is 1. The van der Waals surface area contributed by atoms with E-state index in [2.05, 4.69) is 39.0 Å². The maximum atomic E-state index is 10.1. The number of benzene rings is 1. The first-order chi connectivity index (χ1) is 14.2. The minimum Gasteiger partial charge on any atom is -0.484 e. The van der Waals surface area contributed by atoms with E-state index in [0.29, 0.717) is 24.8 Å². The van der Waals surface area contributed by atoms with E-state index >= 15 is 0 Å². The second-order valence-corrected chi connectivity index (χ2v) is 7.57. The van der Waals surface area contributed by atoms with Gasteiger partial charge in [-0.15, -0.1) is 0 Å². The van der Waals surface area contributed by atoms with Crippen LogP contribution < -0.4 is 9.47 Å². The summed E-state index contributed by atoms with van der Waals surface area (Å²) in [5.74, 6) is 1.25. The predicted molar refractivity (Wildman–Crippen MR) is 109 cm³/mol. The van der Waals surface area contributed by atoms with Gasteiger partial charge in [-0.1, -0.05) is 24.3 Å². The van der Waals surface area contributed by atoms with Crippen LogP contribution in [0.4, 0.5) is 0 Å². The second kappa shape index (κ2) is 9.54. The predicted octanol–water partition coefficient (Wildman–Crippen LogP) is 2.07. The number of methoxy groups -OCH3 is 1. The molecule has 0 radical (unpaired) electrons. The van der Waals surface area contributed by atoms with E-state index in [1.165, 1.54) is 5.56 Å². The Morgan fingerprint density at radius 3 is 2.86 bits per heavy atom. The second-order valence-electron chi connectivity index (χ2n) is 7.57. The van der Waals surface area contributed by atoms with E-state index in [0.717, 1.165) is 44.7 Å². The van der Waals surface area contributed by atoms with Gasteiger partial charge in [-0.2, -0.15) is 0 Å². The number of aliphatic hydroxyl groups is 1. The van der Waals surface area contributed by atoms with E-state index in [4.69, 9.17) is 14.2 Å². The van der Waals surface area contributed by atoms with Gasteiger partial charge in [0.15, 0.2) is 11.9 Å². The summed E-state index contributed by atoms with van der Waals surface area (Å²) in [6.07, 6.45) is 2.10. The van der Waals surface area contributed by atoms with Gasteiger partial charge < -0.3 is 19.3 Å². The van der Waals surface area contributed by atoms with Gasteiger partial charge in [0.2, 0.25) is 0 Å². The zero-order chi connectivity index (χ0) is 20.1. The van der Waals surface area contributed by atoms with Gasteiger partial charge in [-0.25, -0.2) is 4.98 Å². The summed E-state index contributed by atoms with van der Waals surface area (Å²) in [6, 6.07) is 12.3. The summed E-state index contributed by atoms with van der Waals surface area (Å²) in [5.41, 5.74) is 2.37. The number of aromatic nitrogens is 1. The zero-order valence-electron chi connectivity index (χ0n) is 16.9. The van der Waals surface area contributed by atoms with Crippen LogP contribution in [0.1, 0.15) is 23.7 Å². The van der Waals surface area contributed by atoms with Gasteiger partial charge in [0.05, 0.1) is 6.61 Å². The summed E-state index contributed by atoms with van der Waals surface area (Å²) in [4.78, 5) is 8.78. The monoisotopic (exact) mass is 399 g/mol. The number of pyridine rings is 1. The molecular formula is C22H29N3O4. The van der Waals surface area contributed by atoms with Crippen molar-refractivity contribution in [2.24, 2.45) is 0 Å². The molecule has 1 aromatic carbocycles. The van der Waals surface area contributed by atoms with Gasteiger partial charge >= 0.3 is 0 Å². The van der Waals surface area contributed by atoms with Gasteiger partial charge in [0.25, 0.3) is 5.88 Å². The standard InChI is InChI=1S/C22H29N3O4/c1-27-16-21(26)25-11-3-10-24(12-13-25)14-17-5-7-18(8-6-17)20-15-28-19-4-2-9-23-22(19)29-20/h2,4-9,20-21,26H,3,10-16H2,1H3/t20-,21?/m1/s1. The normalized spacial score (nSPS) is 21.5. The van der Waals surface area contributed by atoms with Crippen LogP contribution >= 0.6 is 0 Å². The molecule has 3 heterocycles. The Hall–Kier alpha value is -2.19. The third kappa shape index (κ3) is 5.05. The number of hydrogen-bond donors (Lipinski definition) is 1. The number of aliphatic hydroxyl groups excluding tert-OH is 1. The van der Waals surface area contributed by atoms with Gasteiger partial charge in [0, 0.05) is 39.5 Å². The molecule has 2 atom stereocenters. The van der Waals surface area contributed by atoms with Crippen LogP contribution in [0.2, 0.25) is 0 Å². The Labute approximate surface area is 171 Å². The van der Waals surface area contributed by atoms with E-state index in [-0.39, 0.29) is 6.10 Å². The van der Waals surface area contributed by atoms with E-state index in [9.17, 15) is 5.11 Å². The molecule has 7 nitrogen and oxygen atoms in total. The average Bonchev–Trinajstić information content (AvgIpc) is 3.00. The van der Waals surface area contributed by atoms with Crippen molar-refractivity contribution in [1.29, 1.82) is 0 Å². The Morgan fingerprint density at radius 1 is 1.17 bits per heavy atom. The van der Waals surface area contributed by atoms with Crippen molar-refractivity contribution >= 4 is 0 Å². The molecule has 0 bridgehead atoms. The molecule has 2 aliphatic rings. The van der Waals surface area contributed by atoms with Crippen LogP contribution in [0.15, 0.2) is 42.6 Å². The van der Waals surface area contributed by atoms with Crippen LogP contribution in [0.3, 0.4) is 0 Å². The van der Waals surface area contributed by atoms with Crippen LogP contribution in [-0.4, -0.2) is 72.6 Å². The molecular weight excluding hydrogens is 370 g/mol. The number of nitrogens with zero attached hydrogens (tertiary/aromatic N) is 3. The van der Waals surface area contributed by atoms with E-state index < -0.39 is 6.23 Å². The van der Waals surface area contributed by atoms with Crippen molar-refractivity contribution in [3.05, 3.63) is 53.7 Å². The number of hydrogen-bond acceptors (Lipinski definition) is 7. The lowest BCUT2D eigenvalue weighted by Crippen LogP contribution is -2.40. The minimum absolute atomic E-state index is 0.138. The molecule has 29 heavy (non-hydrogen) atoms. The molecule has 0 aliphatic carbocycles. The third-order valence-corrected chi connectivity index (χ3v) is 5.50. The fourth-order valence-electron chi connectivity index (χ4n) is 3.87. The van der Waals surface area contributed by atoms with Crippen molar-refractivity contribution in [1.82, 2.24) is 14.8 Å². The summed E-state index contributed by atoms with van der Waals surface area (Å²) in [6.45, 7) is 5.46. The molecule has 2 aliphatic heterocycles. The highest BCUT2D eigenvalue weighted by Crippen LogP contribution is 2.33. The van der Waals surface area contributed by atoms with Crippen molar-refractivity contribution in [3.8, 4) is 11.6 Å². The molecule has 7 heteroatoms. The molecule has 0 saturated carbocycles. The van der Waals surface area contributed by atoms with Crippen molar-refractivity contribution in [3.63, 3.8) is 0 Å². The van der Waals surface area contributed by atoms with Crippen LogP contribution in [-0.2, 0) is 11.3 Å². The molecule has 1 unspecified atom stereocenters. The van der Waals surface area contributed by atoms with E-state index in [1.807, 2.05) is 12.1 Å². The molecule has 1 saturated heterocycles.